The molecule has 17 heavy (non-hydrogen) atoms. The van der Waals surface area contributed by atoms with Gasteiger partial charge in [0.2, 0.25) is 0 Å². The van der Waals surface area contributed by atoms with E-state index in [0.717, 1.165) is 32.2 Å². The Labute approximate surface area is 101 Å². The number of aromatic nitrogens is 1. The van der Waals surface area contributed by atoms with Gasteiger partial charge in [-0.3, -0.25) is 9.78 Å². The van der Waals surface area contributed by atoms with Crippen LogP contribution in [0.3, 0.4) is 0 Å². The van der Waals surface area contributed by atoms with Crippen molar-refractivity contribution < 1.29 is 9.90 Å². The Morgan fingerprint density at radius 1 is 1.41 bits per heavy atom. The fourth-order valence-corrected chi connectivity index (χ4v) is 2.36. The zero-order valence-electron chi connectivity index (χ0n) is 9.80. The lowest BCUT2D eigenvalue weighted by atomic mass is 9.86. The molecule has 0 saturated heterocycles. The van der Waals surface area contributed by atoms with E-state index < -0.39 is 5.97 Å². The molecule has 2 unspecified atom stereocenters. The van der Waals surface area contributed by atoms with Crippen molar-refractivity contribution in [3.63, 3.8) is 0 Å². The van der Waals surface area contributed by atoms with Crippen LogP contribution in [0.4, 0.5) is 0 Å². The minimum atomic E-state index is -0.652. The predicted molar refractivity (Wildman–Crippen MR) is 64.5 cm³/mol. The highest BCUT2D eigenvalue weighted by Crippen LogP contribution is 2.24. The number of rotatable bonds is 4. The summed E-state index contributed by atoms with van der Waals surface area (Å²) in [7, 11) is 0. The molecule has 4 heteroatoms. The normalized spacial score (nSPS) is 24.5. The van der Waals surface area contributed by atoms with Crippen LogP contribution in [0.2, 0.25) is 0 Å². The van der Waals surface area contributed by atoms with Gasteiger partial charge in [0.15, 0.2) is 0 Å². The van der Waals surface area contributed by atoms with Gasteiger partial charge in [0, 0.05) is 25.0 Å². The third kappa shape index (κ3) is 3.53. The van der Waals surface area contributed by atoms with Gasteiger partial charge in [-0.25, -0.2) is 0 Å². The van der Waals surface area contributed by atoms with Gasteiger partial charge in [-0.1, -0.05) is 6.42 Å². The highest BCUT2D eigenvalue weighted by Gasteiger charge is 2.26. The van der Waals surface area contributed by atoms with Crippen molar-refractivity contribution in [1.82, 2.24) is 10.3 Å². The smallest absolute Gasteiger partial charge is 0.306 e. The average Bonchev–Trinajstić information content (AvgIpc) is 2.38. The second kappa shape index (κ2) is 5.77. The van der Waals surface area contributed by atoms with E-state index in [0.29, 0.717) is 6.04 Å². The minimum absolute atomic E-state index is 0.168. The molecule has 1 aliphatic rings. The Morgan fingerprint density at radius 2 is 2.18 bits per heavy atom. The van der Waals surface area contributed by atoms with Crippen LogP contribution in [-0.4, -0.2) is 22.1 Å². The quantitative estimate of drug-likeness (QED) is 0.834. The van der Waals surface area contributed by atoms with Gasteiger partial charge in [-0.2, -0.15) is 0 Å². The summed E-state index contributed by atoms with van der Waals surface area (Å²) in [5.74, 6) is -0.820. The number of carbonyl (C=O) groups is 1. The van der Waals surface area contributed by atoms with Crippen LogP contribution in [0.1, 0.15) is 31.2 Å². The van der Waals surface area contributed by atoms with Gasteiger partial charge in [0.1, 0.15) is 0 Å². The van der Waals surface area contributed by atoms with Crippen molar-refractivity contribution in [1.29, 1.82) is 0 Å². The summed E-state index contributed by atoms with van der Waals surface area (Å²) in [5.41, 5.74) is 1.19. The third-order valence-electron chi connectivity index (χ3n) is 3.37. The Morgan fingerprint density at radius 3 is 2.88 bits per heavy atom. The van der Waals surface area contributed by atoms with Crippen LogP contribution in [0.25, 0.3) is 0 Å². The summed E-state index contributed by atoms with van der Waals surface area (Å²) >= 11 is 0. The molecule has 1 saturated carbocycles. The number of carboxylic acid groups (broad SMARTS) is 1. The maximum atomic E-state index is 10.9. The number of hydrogen-bond acceptors (Lipinski definition) is 3. The van der Waals surface area contributed by atoms with E-state index in [1.807, 2.05) is 12.1 Å². The van der Waals surface area contributed by atoms with E-state index in [2.05, 4.69) is 10.3 Å². The molecular weight excluding hydrogens is 216 g/mol. The molecule has 1 heterocycles. The molecule has 2 N–H and O–H groups in total. The van der Waals surface area contributed by atoms with E-state index in [1.54, 1.807) is 12.4 Å². The molecule has 1 fully saturated rings. The van der Waals surface area contributed by atoms with Crippen molar-refractivity contribution in [2.24, 2.45) is 5.92 Å². The monoisotopic (exact) mass is 234 g/mol. The lowest BCUT2D eigenvalue weighted by molar-refractivity contribution is -0.143. The van der Waals surface area contributed by atoms with Gasteiger partial charge in [-0.05, 0) is 37.0 Å². The molecule has 0 aromatic carbocycles. The summed E-state index contributed by atoms with van der Waals surface area (Å²) in [6.07, 6.45) is 7.21. The maximum Gasteiger partial charge on any atom is 0.306 e. The molecule has 92 valence electrons. The molecule has 0 aliphatic heterocycles. The second-order valence-electron chi connectivity index (χ2n) is 4.64. The molecule has 1 aromatic heterocycles. The first-order valence-corrected chi connectivity index (χ1v) is 6.11. The zero-order chi connectivity index (χ0) is 12.1. The summed E-state index contributed by atoms with van der Waals surface area (Å²) < 4.78 is 0. The first-order valence-electron chi connectivity index (χ1n) is 6.11. The number of aliphatic carboxylic acids is 1. The zero-order valence-corrected chi connectivity index (χ0v) is 9.80. The van der Waals surface area contributed by atoms with E-state index in [1.165, 1.54) is 5.56 Å². The molecule has 0 radical (unpaired) electrons. The van der Waals surface area contributed by atoms with Crippen molar-refractivity contribution in [2.75, 3.05) is 0 Å². The molecule has 4 nitrogen and oxygen atoms in total. The molecule has 2 rings (SSSR count). The number of hydrogen-bond donors (Lipinski definition) is 2. The summed E-state index contributed by atoms with van der Waals surface area (Å²) in [6, 6.07) is 4.28. The highest BCUT2D eigenvalue weighted by atomic mass is 16.4. The summed E-state index contributed by atoms with van der Waals surface area (Å²) in [5, 5.41) is 12.4. The lowest BCUT2D eigenvalue weighted by Gasteiger charge is -2.27. The van der Waals surface area contributed by atoms with E-state index in [-0.39, 0.29) is 5.92 Å². The van der Waals surface area contributed by atoms with Crippen molar-refractivity contribution in [3.05, 3.63) is 30.1 Å². The first kappa shape index (κ1) is 12.0. The SMILES string of the molecule is O=C(O)C1CCCC(NCc2ccncc2)C1. The Hall–Kier alpha value is -1.42. The maximum absolute atomic E-state index is 10.9. The van der Waals surface area contributed by atoms with Crippen LogP contribution in [0, 0.1) is 5.92 Å². The van der Waals surface area contributed by atoms with Gasteiger partial charge in [0.25, 0.3) is 0 Å². The van der Waals surface area contributed by atoms with Crippen molar-refractivity contribution >= 4 is 5.97 Å². The van der Waals surface area contributed by atoms with Gasteiger partial charge in [-0.15, -0.1) is 0 Å². The van der Waals surface area contributed by atoms with Crippen LogP contribution in [0.5, 0.6) is 0 Å². The molecule has 0 spiro atoms. The first-order chi connectivity index (χ1) is 8.25. The van der Waals surface area contributed by atoms with Crippen LogP contribution in [-0.2, 0) is 11.3 Å². The fourth-order valence-electron chi connectivity index (χ4n) is 2.36. The van der Waals surface area contributed by atoms with Crippen molar-refractivity contribution in [2.45, 2.75) is 38.3 Å². The molecule has 1 aromatic rings. The van der Waals surface area contributed by atoms with Gasteiger partial charge in [0.05, 0.1) is 5.92 Å². The summed E-state index contributed by atoms with van der Waals surface area (Å²) in [6.45, 7) is 0.791. The Bertz CT molecular complexity index is 367. The van der Waals surface area contributed by atoms with E-state index in [9.17, 15) is 4.79 Å². The van der Waals surface area contributed by atoms with Crippen LogP contribution in [0.15, 0.2) is 24.5 Å². The average molecular weight is 234 g/mol. The molecule has 0 amide bonds. The minimum Gasteiger partial charge on any atom is -0.481 e. The second-order valence-corrected chi connectivity index (χ2v) is 4.64. The largest absolute Gasteiger partial charge is 0.481 e. The number of pyridine rings is 1. The highest BCUT2D eigenvalue weighted by molar-refractivity contribution is 5.70. The Kier molecular flexibility index (Phi) is 4.09. The van der Waals surface area contributed by atoms with Gasteiger partial charge >= 0.3 is 5.97 Å². The third-order valence-corrected chi connectivity index (χ3v) is 3.37. The topological polar surface area (TPSA) is 62.2 Å². The van der Waals surface area contributed by atoms with Crippen LogP contribution < -0.4 is 5.32 Å². The molecule has 0 bridgehead atoms. The molecule has 1 aliphatic carbocycles. The number of nitrogens with zero attached hydrogens (tertiary/aromatic N) is 1. The standard InChI is InChI=1S/C13H18N2O2/c16-13(17)11-2-1-3-12(8-11)15-9-10-4-6-14-7-5-10/h4-7,11-12,15H,1-3,8-9H2,(H,16,17). The van der Waals surface area contributed by atoms with Crippen molar-refractivity contribution in [3.8, 4) is 0 Å². The Balaban J connectivity index is 1.81. The number of nitrogens with one attached hydrogen (secondary N) is 1. The van der Waals surface area contributed by atoms with E-state index >= 15 is 0 Å². The number of carboxylic acids is 1. The van der Waals surface area contributed by atoms with E-state index in [4.69, 9.17) is 5.11 Å². The summed E-state index contributed by atoms with van der Waals surface area (Å²) in [4.78, 5) is 14.9. The molecule has 2 atom stereocenters. The fraction of sp³-hybridized carbons (Fsp3) is 0.538. The van der Waals surface area contributed by atoms with Gasteiger partial charge < -0.3 is 10.4 Å². The molecular formula is C13H18N2O2. The van der Waals surface area contributed by atoms with Crippen LogP contribution >= 0.6 is 0 Å². The lowest BCUT2D eigenvalue weighted by Crippen LogP contribution is -2.36. The predicted octanol–water partition coefficient (Wildman–Crippen LogP) is 1.81.